The maximum absolute atomic E-state index is 11.5. The fourth-order valence-corrected chi connectivity index (χ4v) is 1.89. The third kappa shape index (κ3) is 13.2. The highest BCUT2D eigenvalue weighted by molar-refractivity contribution is 5.78. The van der Waals surface area contributed by atoms with Crippen molar-refractivity contribution in [1.82, 2.24) is 0 Å². The number of unbranched alkanes of at least 4 members (excludes halogenated alkanes) is 6. The minimum atomic E-state index is -0.269. The smallest absolute Gasteiger partial charge is 0.302 e. The maximum atomic E-state index is 11.5. The van der Waals surface area contributed by atoms with Crippen molar-refractivity contribution in [3.63, 3.8) is 0 Å². The molecule has 0 spiro atoms. The first-order valence-electron chi connectivity index (χ1n) is 7.32. The highest BCUT2D eigenvalue weighted by Crippen LogP contribution is 2.09. The highest BCUT2D eigenvalue weighted by Gasteiger charge is 2.02. The minimum absolute atomic E-state index is 0.269. The molecule has 0 aliphatic heterocycles. The van der Waals surface area contributed by atoms with E-state index in [-0.39, 0.29) is 5.97 Å². The highest BCUT2D eigenvalue weighted by atomic mass is 16.5. The third-order valence-electron chi connectivity index (χ3n) is 2.96. The van der Waals surface area contributed by atoms with Gasteiger partial charge in [0.05, 0.1) is 6.61 Å². The lowest BCUT2D eigenvalue weighted by molar-refractivity contribution is -0.141. The summed E-state index contributed by atoms with van der Waals surface area (Å²) in [7, 11) is 0. The van der Waals surface area contributed by atoms with Gasteiger partial charge in [-0.15, -0.1) is 0 Å². The average molecular weight is 256 g/mol. The molecule has 0 N–H and O–H groups in total. The Balaban J connectivity index is 3.19. The molecule has 18 heavy (non-hydrogen) atoms. The Hall–Kier alpha value is -0.860. The molecule has 3 heteroatoms. The van der Waals surface area contributed by atoms with E-state index in [0.717, 1.165) is 6.42 Å². The lowest BCUT2D eigenvalue weighted by Gasteiger charge is -2.02. The number of carbonyl (C=O) groups is 2. The molecular formula is C15H28O3. The molecule has 0 unspecified atom stereocenters. The molecule has 0 atom stereocenters. The van der Waals surface area contributed by atoms with E-state index in [1.807, 2.05) is 0 Å². The second kappa shape index (κ2) is 12.6. The van der Waals surface area contributed by atoms with Gasteiger partial charge in [0.2, 0.25) is 0 Å². The molecule has 0 aromatic heterocycles. The summed E-state index contributed by atoms with van der Waals surface area (Å²) in [5.74, 6) is 0.0326. The van der Waals surface area contributed by atoms with Gasteiger partial charge in [-0.25, -0.2) is 0 Å². The largest absolute Gasteiger partial charge is 0.466 e. The molecule has 0 saturated heterocycles. The molecule has 0 rings (SSSR count). The zero-order valence-corrected chi connectivity index (χ0v) is 12.0. The van der Waals surface area contributed by atoms with Crippen molar-refractivity contribution in [2.45, 2.75) is 78.1 Å². The van der Waals surface area contributed by atoms with E-state index in [9.17, 15) is 9.59 Å². The predicted molar refractivity (Wildman–Crippen MR) is 73.5 cm³/mol. The number of Topliss-reactive ketones (excluding diaryl/α,β-unsaturated/α-hetero) is 1. The van der Waals surface area contributed by atoms with Gasteiger partial charge in [0.15, 0.2) is 0 Å². The Kier molecular flexibility index (Phi) is 12.0. The topological polar surface area (TPSA) is 43.4 Å². The number of hydrogen-bond acceptors (Lipinski definition) is 3. The van der Waals surface area contributed by atoms with E-state index in [1.165, 1.54) is 45.4 Å². The Morgan fingerprint density at radius 3 is 2.00 bits per heavy atom. The summed E-state index contributed by atoms with van der Waals surface area (Å²) in [6, 6.07) is 0. The second-order valence-electron chi connectivity index (χ2n) is 4.85. The Morgan fingerprint density at radius 1 is 0.833 bits per heavy atom. The Morgan fingerprint density at radius 2 is 1.39 bits per heavy atom. The van der Waals surface area contributed by atoms with E-state index >= 15 is 0 Å². The maximum Gasteiger partial charge on any atom is 0.302 e. The first-order chi connectivity index (χ1) is 8.66. The molecule has 0 aromatic rings. The molecule has 0 heterocycles. The Labute approximate surface area is 111 Å². The van der Waals surface area contributed by atoms with Crippen LogP contribution in [0, 0.1) is 0 Å². The van der Waals surface area contributed by atoms with Gasteiger partial charge in [0.25, 0.3) is 0 Å². The fourth-order valence-electron chi connectivity index (χ4n) is 1.89. The number of esters is 1. The van der Waals surface area contributed by atoms with Gasteiger partial charge >= 0.3 is 5.97 Å². The molecule has 0 aliphatic carbocycles. The van der Waals surface area contributed by atoms with E-state index in [2.05, 4.69) is 6.92 Å². The molecular weight excluding hydrogens is 228 g/mol. The molecule has 106 valence electrons. The molecule has 0 aliphatic rings. The van der Waals surface area contributed by atoms with E-state index in [0.29, 0.717) is 31.7 Å². The average Bonchev–Trinajstić information content (AvgIpc) is 2.33. The summed E-state index contributed by atoms with van der Waals surface area (Å²) in [6.45, 7) is 3.98. The zero-order valence-electron chi connectivity index (χ0n) is 12.0. The van der Waals surface area contributed by atoms with Gasteiger partial charge in [-0.1, -0.05) is 45.4 Å². The minimum Gasteiger partial charge on any atom is -0.466 e. The van der Waals surface area contributed by atoms with Crippen molar-refractivity contribution >= 4 is 11.8 Å². The number of ketones is 1. The van der Waals surface area contributed by atoms with E-state index in [4.69, 9.17) is 4.74 Å². The number of ether oxygens (including phenoxy) is 1. The number of hydrogen-bond donors (Lipinski definition) is 0. The van der Waals surface area contributed by atoms with Gasteiger partial charge in [-0.05, 0) is 12.8 Å². The van der Waals surface area contributed by atoms with Crippen molar-refractivity contribution in [3.8, 4) is 0 Å². The summed E-state index contributed by atoms with van der Waals surface area (Å²) >= 11 is 0. The van der Waals surface area contributed by atoms with Gasteiger partial charge < -0.3 is 4.74 Å². The Bertz CT molecular complexity index is 224. The summed E-state index contributed by atoms with van der Waals surface area (Å²) in [6.07, 6.45) is 10.6. The van der Waals surface area contributed by atoms with E-state index < -0.39 is 0 Å². The molecule has 0 radical (unpaired) electrons. The van der Waals surface area contributed by atoms with Gasteiger partial charge in [-0.2, -0.15) is 0 Å². The monoisotopic (exact) mass is 256 g/mol. The SMILES string of the molecule is CCCCCCCCCC(=O)CCCOC(C)=O. The molecule has 0 aromatic carbocycles. The van der Waals surface area contributed by atoms with Crippen LogP contribution < -0.4 is 0 Å². The van der Waals surface area contributed by atoms with Crippen LogP contribution in [0.15, 0.2) is 0 Å². The number of carbonyl (C=O) groups excluding carboxylic acids is 2. The van der Waals surface area contributed by atoms with E-state index in [1.54, 1.807) is 0 Å². The lowest BCUT2D eigenvalue weighted by atomic mass is 10.1. The molecule has 3 nitrogen and oxygen atoms in total. The van der Waals surface area contributed by atoms with Crippen LogP contribution in [0.1, 0.15) is 78.1 Å². The third-order valence-corrected chi connectivity index (χ3v) is 2.96. The predicted octanol–water partition coefficient (Wildman–Crippen LogP) is 4.04. The normalized spacial score (nSPS) is 10.3. The van der Waals surface area contributed by atoms with Gasteiger partial charge in [0.1, 0.15) is 5.78 Å². The van der Waals surface area contributed by atoms with Crippen LogP contribution in [0.4, 0.5) is 0 Å². The molecule has 0 bridgehead atoms. The number of rotatable bonds is 12. The van der Waals surface area contributed by atoms with Crippen LogP contribution in [-0.2, 0) is 14.3 Å². The van der Waals surface area contributed by atoms with Gasteiger partial charge in [-0.3, -0.25) is 9.59 Å². The van der Waals surface area contributed by atoms with Crippen LogP contribution in [0.5, 0.6) is 0 Å². The van der Waals surface area contributed by atoms with Crippen molar-refractivity contribution in [1.29, 1.82) is 0 Å². The first kappa shape index (κ1) is 17.1. The molecule has 0 amide bonds. The molecule has 0 saturated carbocycles. The van der Waals surface area contributed by atoms with Crippen LogP contribution in [0.25, 0.3) is 0 Å². The molecule has 0 fully saturated rings. The fraction of sp³-hybridized carbons (Fsp3) is 0.867. The zero-order chi connectivity index (χ0) is 13.6. The van der Waals surface area contributed by atoms with Gasteiger partial charge in [0, 0.05) is 19.8 Å². The van der Waals surface area contributed by atoms with Crippen molar-refractivity contribution < 1.29 is 14.3 Å². The summed E-state index contributed by atoms with van der Waals surface area (Å²) in [4.78, 5) is 22.0. The van der Waals surface area contributed by atoms with Crippen LogP contribution in [0.2, 0.25) is 0 Å². The first-order valence-corrected chi connectivity index (χ1v) is 7.32. The van der Waals surface area contributed by atoms with Crippen LogP contribution >= 0.6 is 0 Å². The second-order valence-corrected chi connectivity index (χ2v) is 4.85. The van der Waals surface area contributed by atoms with Crippen molar-refractivity contribution in [2.75, 3.05) is 6.61 Å². The van der Waals surface area contributed by atoms with Crippen molar-refractivity contribution in [3.05, 3.63) is 0 Å². The van der Waals surface area contributed by atoms with Crippen LogP contribution in [0.3, 0.4) is 0 Å². The summed E-state index contributed by atoms with van der Waals surface area (Å²) < 4.78 is 4.78. The quantitative estimate of drug-likeness (QED) is 0.391. The van der Waals surface area contributed by atoms with Crippen molar-refractivity contribution in [2.24, 2.45) is 0 Å². The standard InChI is InChI=1S/C15H28O3/c1-3-4-5-6-7-8-9-11-15(17)12-10-13-18-14(2)16/h3-13H2,1-2H3. The summed E-state index contributed by atoms with van der Waals surface area (Å²) in [5, 5.41) is 0. The lowest BCUT2D eigenvalue weighted by Crippen LogP contribution is -2.04. The summed E-state index contributed by atoms with van der Waals surface area (Å²) in [5.41, 5.74) is 0. The van der Waals surface area contributed by atoms with Crippen LogP contribution in [-0.4, -0.2) is 18.4 Å².